The van der Waals surface area contributed by atoms with E-state index in [0.29, 0.717) is 0 Å². The number of guanidine groups is 1. The number of rotatable bonds is 6. The number of morpholine rings is 1. The fourth-order valence-electron chi connectivity index (χ4n) is 5.00. The summed E-state index contributed by atoms with van der Waals surface area (Å²) in [5, 5.41) is 3.73. The molecule has 2 heterocycles. The van der Waals surface area contributed by atoms with E-state index in [1.165, 1.54) is 51.4 Å². The largest absolute Gasteiger partial charge is 0.381 e. The summed E-state index contributed by atoms with van der Waals surface area (Å²) >= 11 is 0. The number of ether oxygens (including phenoxy) is 2. The van der Waals surface area contributed by atoms with Crippen LogP contribution in [-0.4, -0.2) is 88.0 Å². The molecule has 3 aliphatic rings. The van der Waals surface area contributed by atoms with Crippen molar-refractivity contribution >= 4 is 5.96 Å². The van der Waals surface area contributed by atoms with E-state index in [-0.39, 0.29) is 5.54 Å². The Kier molecular flexibility index (Phi) is 8.22. The molecule has 27 heavy (non-hydrogen) atoms. The van der Waals surface area contributed by atoms with Gasteiger partial charge in [-0.2, -0.15) is 0 Å². The Morgan fingerprint density at radius 3 is 2.41 bits per heavy atom. The predicted octanol–water partition coefficient (Wildman–Crippen LogP) is 2.35. The summed E-state index contributed by atoms with van der Waals surface area (Å²) in [5.41, 5.74) is 0.277. The number of aliphatic imine (C=N–C) groups is 1. The summed E-state index contributed by atoms with van der Waals surface area (Å²) in [5.74, 6) is 1.85. The van der Waals surface area contributed by atoms with E-state index < -0.39 is 0 Å². The molecule has 0 bridgehead atoms. The van der Waals surface area contributed by atoms with E-state index in [1.807, 2.05) is 7.05 Å². The van der Waals surface area contributed by atoms with Gasteiger partial charge in [0.25, 0.3) is 0 Å². The lowest BCUT2D eigenvalue weighted by atomic mass is 9.79. The Hall–Kier alpha value is -0.850. The van der Waals surface area contributed by atoms with Gasteiger partial charge in [-0.05, 0) is 38.0 Å². The van der Waals surface area contributed by atoms with Gasteiger partial charge in [0.2, 0.25) is 0 Å². The third kappa shape index (κ3) is 5.81. The lowest BCUT2D eigenvalue weighted by molar-refractivity contribution is -0.0354. The van der Waals surface area contributed by atoms with Crippen molar-refractivity contribution in [1.82, 2.24) is 15.1 Å². The smallest absolute Gasteiger partial charge is 0.193 e. The van der Waals surface area contributed by atoms with Crippen LogP contribution in [0.2, 0.25) is 0 Å². The summed E-state index contributed by atoms with van der Waals surface area (Å²) in [6.45, 7) is 7.83. The molecule has 0 aromatic rings. The van der Waals surface area contributed by atoms with Crippen LogP contribution in [-0.2, 0) is 9.47 Å². The van der Waals surface area contributed by atoms with Gasteiger partial charge < -0.3 is 19.7 Å². The summed E-state index contributed by atoms with van der Waals surface area (Å²) < 4.78 is 11.1. The fraction of sp³-hybridized carbons (Fsp3) is 0.952. The summed E-state index contributed by atoms with van der Waals surface area (Å²) in [6, 6.07) is 0. The van der Waals surface area contributed by atoms with Crippen molar-refractivity contribution in [2.45, 2.75) is 56.9 Å². The highest BCUT2D eigenvalue weighted by Crippen LogP contribution is 2.34. The molecule has 2 aliphatic heterocycles. The Morgan fingerprint density at radius 1 is 1.07 bits per heavy atom. The van der Waals surface area contributed by atoms with Crippen molar-refractivity contribution in [2.24, 2.45) is 10.9 Å². The zero-order valence-electron chi connectivity index (χ0n) is 17.5. The van der Waals surface area contributed by atoms with E-state index in [9.17, 15) is 0 Å². The van der Waals surface area contributed by atoms with Gasteiger partial charge in [-0.15, -0.1) is 0 Å². The van der Waals surface area contributed by atoms with Gasteiger partial charge in [-0.1, -0.05) is 19.3 Å². The number of nitrogens with zero attached hydrogens (tertiary/aromatic N) is 3. The first-order chi connectivity index (χ1) is 13.2. The molecule has 0 spiro atoms. The van der Waals surface area contributed by atoms with Crippen LogP contribution in [0.25, 0.3) is 0 Å². The zero-order valence-corrected chi connectivity index (χ0v) is 17.5. The topological polar surface area (TPSA) is 49.3 Å². The van der Waals surface area contributed by atoms with Crippen molar-refractivity contribution in [3.8, 4) is 0 Å². The van der Waals surface area contributed by atoms with Crippen LogP contribution in [0.5, 0.6) is 0 Å². The maximum atomic E-state index is 5.61. The van der Waals surface area contributed by atoms with Gasteiger partial charge in [0.1, 0.15) is 0 Å². The molecule has 6 nitrogen and oxygen atoms in total. The third-order valence-electron chi connectivity index (χ3n) is 6.83. The average molecular weight is 381 g/mol. The second-order valence-electron chi connectivity index (χ2n) is 8.55. The minimum absolute atomic E-state index is 0.277. The predicted molar refractivity (Wildman–Crippen MR) is 110 cm³/mol. The second kappa shape index (κ2) is 10.6. The first kappa shape index (κ1) is 20.9. The van der Waals surface area contributed by atoms with Crippen molar-refractivity contribution in [1.29, 1.82) is 0 Å². The number of nitrogens with one attached hydrogen (secondary N) is 1. The Labute approximate surface area is 165 Å². The molecule has 0 aromatic heterocycles. The van der Waals surface area contributed by atoms with E-state index in [1.54, 1.807) is 0 Å². The highest BCUT2D eigenvalue weighted by Gasteiger charge is 2.38. The SMILES string of the molecule is CN=C(NCC1(N2CCOCC2)CCCCC1)N(C)CCC1CCOCC1. The summed E-state index contributed by atoms with van der Waals surface area (Å²) in [4.78, 5) is 9.58. The molecular formula is C21H40N4O2. The molecule has 0 radical (unpaired) electrons. The first-order valence-corrected chi connectivity index (χ1v) is 11.1. The molecular weight excluding hydrogens is 340 g/mol. The maximum Gasteiger partial charge on any atom is 0.193 e. The van der Waals surface area contributed by atoms with Crippen LogP contribution < -0.4 is 5.32 Å². The lowest BCUT2D eigenvalue weighted by Crippen LogP contribution is -2.60. The highest BCUT2D eigenvalue weighted by atomic mass is 16.5. The first-order valence-electron chi connectivity index (χ1n) is 11.1. The normalized spacial score (nSPS) is 25.3. The van der Waals surface area contributed by atoms with Crippen LogP contribution in [0.15, 0.2) is 4.99 Å². The molecule has 0 unspecified atom stereocenters. The van der Waals surface area contributed by atoms with Crippen molar-refractivity contribution in [3.63, 3.8) is 0 Å². The standard InChI is InChI=1S/C21H40N4O2/c1-22-20(24(2)11-6-19-7-14-26-15-8-19)23-18-21(9-4-3-5-10-21)25-12-16-27-17-13-25/h19H,3-18H2,1-2H3,(H,22,23). The van der Waals surface area contributed by atoms with Crippen LogP contribution in [0.4, 0.5) is 0 Å². The van der Waals surface area contributed by atoms with Gasteiger partial charge >= 0.3 is 0 Å². The zero-order chi connectivity index (χ0) is 19.0. The third-order valence-corrected chi connectivity index (χ3v) is 6.83. The minimum Gasteiger partial charge on any atom is -0.381 e. The van der Waals surface area contributed by atoms with Gasteiger partial charge in [0.15, 0.2) is 5.96 Å². The molecule has 3 fully saturated rings. The van der Waals surface area contributed by atoms with E-state index >= 15 is 0 Å². The summed E-state index contributed by atoms with van der Waals surface area (Å²) in [7, 11) is 4.09. The van der Waals surface area contributed by atoms with Gasteiger partial charge in [0, 0.05) is 59.0 Å². The molecule has 1 aliphatic carbocycles. The number of hydrogen-bond acceptors (Lipinski definition) is 4. The number of hydrogen-bond donors (Lipinski definition) is 1. The minimum atomic E-state index is 0.277. The van der Waals surface area contributed by atoms with Crippen LogP contribution in [0.3, 0.4) is 0 Å². The molecule has 1 N–H and O–H groups in total. The Morgan fingerprint density at radius 2 is 1.74 bits per heavy atom. The summed E-state index contributed by atoms with van der Waals surface area (Å²) in [6.07, 6.45) is 10.3. The Bertz CT molecular complexity index is 453. The van der Waals surface area contributed by atoms with E-state index in [4.69, 9.17) is 9.47 Å². The van der Waals surface area contributed by atoms with Gasteiger partial charge in [-0.25, -0.2) is 0 Å². The second-order valence-corrected chi connectivity index (χ2v) is 8.55. The van der Waals surface area contributed by atoms with E-state index in [2.05, 4.69) is 27.2 Å². The quantitative estimate of drug-likeness (QED) is 0.566. The van der Waals surface area contributed by atoms with E-state index in [0.717, 1.165) is 64.5 Å². The van der Waals surface area contributed by atoms with Crippen LogP contribution >= 0.6 is 0 Å². The average Bonchev–Trinajstić information content (AvgIpc) is 2.75. The maximum absolute atomic E-state index is 5.61. The molecule has 0 aromatic carbocycles. The van der Waals surface area contributed by atoms with Crippen molar-refractivity contribution < 1.29 is 9.47 Å². The molecule has 156 valence electrons. The van der Waals surface area contributed by atoms with Crippen LogP contribution in [0.1, 0.15) is 51.4 Å². The molecule has 0 atom stereocenters. The lowest BCUT2D eigenvalue weighted by Gasteiger charge is -2.48. The molecule has 0 amide bonds. The monoisotopic (exact) mass is 380 g/mol. The molecule has 2 saturated heterocycles. The Balaban J connectivity index is 1.52. The van der Waals surface area contributed by atoms with Gasteiger partial charge in [0.05, 0.1) is 13.2 Å². The van der Waals surface area contributed by atoms with Crippen LogP contribution in [0, 0.1) is 5.92 Å². The fourth-order valence-corrected chi connectivity index (χ4v) is 5.00. The molecule has 6 heteroatoms. The van der Waals surface area contributed by atoms with Gasteiger partial charge in [-0.3, -0.25) is 9.89 Å². The molecule has 3 rings (SSSR count). The van der Waals surface area contributed by atoms with Crippen molar-refractivity contribution in [3.05, 3.63) is 0 Å². The molecule has 1 saturated carbocycles. The highest BCUT2D eigenvalue weighted by molar-refractivity contribution is 5.79. The van der Waals surface area contributed by atoms with Crippen molar-refractivity contribution in [2.75, 3.05) is 66.7 Å².